The number of hydrogen-bond acceptors (Lipinski definition) is 3. The summed E-state index contributed by atoms with van der Waals surface area (Å²) in [4.78, 5) is 0. The molecular weight excluding hydrogens is 239 g/mol. The Hall–Kier alpha value is -0.835. The summed E-state index contributed by atoms with van der Waals surface area (Å²) in [5.74, 6) is 0. The molecule has 2 rings (SSSR count). The van der Waals surface area contributed by atoms with Gasteiger partial charge in [-0.25, -0.2) is 0 Å². The number of aliphatic hydroxyl groups is 1. The van der Waals surface area contributed by atoms with E-state index in [-0.39, 0.29) is 24.9 Å². The predicted octanol–water partition coefficient (Wildman–Crippen LogP) is 2.50. The van der Waals surface area contributed by atoms with Crippen LogP contribution in [-0.4, -0.2) is 23.4 Å². The summed E-state index contributed by atoms with van der Waals surface area (Å²) in [6.07, 6.45) is 0. The lowest BCUT2D eigenvalue weighted by Crippen LogP contribution is -2.41. The fraction of sp³-hybridized carbons (Fsp3) is 0.600. The SMILES string of the molecule is CC.CC1(C)OB(c2cccc(CO)c2)OC1(C)C. The molecule has 1 fully saturated rings. The molecule has 1 aliphatic rings. The van der Waals surface area contributed by atoms with Gasteiger partial charge in [-0.15, -0.1) is 0 Å². The van der Waals surface area contributed by atoms with Crippen LogP contribution in [0.5, 0.6) is 0 Å². The molecular formula is C15H25BO3. The minimum Gasteiger partial charge on any atom is -0.399 e. The van der Waals surface area contributed by atoms with E-state index < -0.39 is 0 Å². The smallest absolute Gasteiger partial charge is 0.399 e. The largest absolute Gasteiger partial charge is 0.494 e. The van der Waals surface area contributed by atoms with E-state index in [4.69, 9.17) is 14.4 Å². The molecule has 1 aromatic carbocycles. The van der Waals surface area contributed by atoms with Gasteiger partial charge in [0.1, 0.15) is 0 Å². The zero-order valence-corrected chi connectivity index (χ0v) is 12.9. The zero-order chi connectivity index (χ0) is 14.7. The molecule has 106 valence electrons. The molecule has 0 saturated carbocycles. The third-order valence-electron chi connectivity index (χ3n) is 3.66. The van der Waals surface area contributed by atoms with Crippen LogP contribution in [0, 0.1) is 0 Å². The molecule has 1 aliphatic heterocycles. The van der Waals surface area contributed by atoms with Gasteiger partial charge in [0.25, 0.3) is 0 Å². The quantitative estimate of drug-likeness (QED) is 0.834. The minimum absolute atomic E-state index is 0.0351. The summed E-state index contributed by atoms with van der Waals surface area (Å²) >= 11 is 0. The second-order valence-corrected chi connectivity index (χ2v) is 5.49. The van der Waals surface area contributed by atoms with Gasteiger partial charge in [-0.1, -0.05) is 38.1 Å². The van der Waals surface area contributed by atoms with E-state index in [9.17, 15) is 0 Å². The number of aliphatic hydroxyl groups excluding tert-OH is 1. The van der Waals surface area contributed by atoms with Crippen molar-refractivity contribution >= 4 is 12.6 Å². The van der Waals surface area contributed by atoms with E-state index in [1.54, 1.807) is 0 Å². The molecule has 3 nitrogen and oxygen atoms in total. The molecule has 0 unspecified atom stereocenters. The van der Waals surface area contributed by atoms with Crippen molar-refractivity contribution < 1.29 is 14.4 Å². The van der Waals surface area contributed by atoms with Crippen molar-refractivity contribution in [3.63, 3.8) is 0 Å². The summed E-state index contributed by atoms with van der Waals surface area (Å²) in [5, 5.41) is 9.13. The van der Waals surface area contributed by atoms with Crippen molar-refractivity contribution in [2.75, 3.05) is 0 Å². The van der Waals surface area contributed by atoms with Crippen LogP contribution in [0.25, 0.3) is 0 Å². The third kappa shape index (κ3) is 3.38. The van der Waals surface area contributed by atoms with Gasteiger partial charge >= 0.3 is 7.12 Å². The maximum atomic E-state index is 9.13. The average Bonchev–Trinajstić information content (AvgIpc) is 2.61. The van der Waals surface area contributed by atoms with Crippen molar-refractivity contribution in [3.8, 4) is 0 Å². The van der Waals surface area contributed by atoms with Crippen molar-refractivity contribution in [1.29, 1.82) is 0 Å². The Morgan fingerprint density at radius 1 is 1.05 bits per heavy atom. The molecule has 1 N–H and O–H groups in total. The van der Waals surface area contributed by atoms with Crippen LogP contribution in [0.3, 0.4) is 0 Å². The van der Waals surface area contributed by atoms with Crippen molar-refractivity contribution in [2.24, 2.45) is 0 Å². The van der Waals surface area contributed by atoms with Gasteiger partial charge in [-0.2, -0.15) is 0 Å². The normalized spacial score (nSPS) is 19.8. The lowest BCUT2D eigenvalue weighted by Gasteiger charge is -2.32. The Kier molecular flexibility index (Phi) is 5.19. The summed E-state index contributed by atoms with van der Waals surface area (Å²) in [7, 11) is -0.355. The molecule has 0 radical (unpaired) electrons. The maximum absolute atomic E-state index is 9.13. The Balaban J connectivity index is 0.000000861. The average molecular weight is 264 g/mol. The monoisotopic (exact) mass is 264 g/mol. The van der Waals surface area contributed by atoms with Crippen LogP contribution in [0.4, 0.5) is 0 Å². The molecule has 4 heteroatoms. The van der Waals surface area contributed by atoms with Gasteiger partial charge in [-0.05, 0) is 38.7 Å². The van der Waals surface area contributed by atoms with E-state index in [0.29, 0.717) is 0 Å². The van der Waals surface area contributed by atoms with Gasteiger partial charge in [0.2, 0.25) is 0 Å². The number of hydrogen-bond donors (Lipinski definition) is 1. The summed E-state index contributed by atoms with van der Waals surface area (Å²) in [5.41, 5.74) is 1.17. The first-order valence-electron chi connectivity index (χ1n) is 6.91. The summed E-state index contributed by atoms with van der Waals surface area (Å²) in [6, 6.07) is 7.67. The fourth-order valence-electron chi connectivity index (χ4n) is 1.82. The molecule has 0 aromatic heterocycles. The molecule has 1 heterocycles. The molecule has 0 spiro atoms. The van der Waals surface area contributed by atoms with Crippen LogP contribution in [0.1, 0.15) is 47.1 Å². The van der Waals surface area contributed by atoms with E-state index in [2.05, 4.69) is 0 Å². The van der Waals surface area contributed by atoms with E-state index in [1.165, 1.54) is 0 Å². The summed E-state index contributed by atoms with van der Waals surface area (Å²) < 4.78 is 11.9. The maximum Gasteiger partial charge on any atom is 0.494 e. The molecule has 0 bridgehead atoms. The highest BCUT2D eigenvalue weighted by Gasteiger charge is 2.51. The van der Waals surface area contributed by atoms with Gasteiger partial charge in [0, 0.05) is 0 Å². The topological polar surface area (TPSA) is 38.7 Å². The Bertz CT molecular complexity index is 400. The van der Waals surface area contributed by atoms with Gasteiger partial charge < -0.3 is 14.4 Å². The fourth-order valence-corrected chi connectivity index (χ4v) is 1.82. The number of benzene rings is 1. The first kappa shape index (κ1) is 16.2. The third-order valence-corrected chi connectivity index (χ3v) is 3.66. The van der Waals surface area contributed by atoms with Crippen LogP contribution in [0.2, 0.25) is 0 Å². The molecule has 1 saturated heterocycles. The second kappa shape index (κ2) is 6.08. The molecule has 0 atom stereocenters. The van der Waals surface area contributed by atoms with Crippen molar-refractivity contribution in [1.82, 2.24) is 0 Å². The Morgan fingerprint density at radius 3 is 2.05 bits per heavy atom. The van der Waals surface area contributed by atoms with Crippen LogP contribution in [0.15, 0.2) is 24.3 Å². The molecule has 0 aliphatic carbocycles. The lowest BCUT2D eigenvalue weighted by molar-refractivity contribution is 0.00578. The van der Waals surface area contributed by atoms with Gasteiger partial charge in [-0.3, -0.25) is 0 Å². The van der Waals surface area contributed by atoms with E-state index >= 15 is 0 Å². The molecule has 1 aromatic rings. The van der Waals surface area contributed by atoms with Crippen molar-refractivity contribution in [3.05, 3.63) is 29.8 Å². The van der Waals surface area contributed by atoms with Crippen LogP contribution < -0.4 is 5.46 Å². The van der Waals surface area contributed by atoms with Crippen LogP contribution in [-0.2, 0) is 15.9 Å². The number of rotatable bonds is 2. The zero-order valence-electron chi connectivity index (χ0n) is 12.9. The standard InChI is InChI=1S/C13H19BO3.C2H6/c1-12(2)13(3,4)17-14(16-12)11-7-5-6-10(8-11)9-15;1-2/h5-8,15H,9H2,1-4H3;1-2H3. The van der Waals surface area contributed by atoms with E-state index in [0.717, 1.165) is 11.0 Å². The summed E-state index contributed by atoms with van der Waals surface area (Å²) in [6.45, 7) is 12.2. The molecule has 19 heavy (non-hydrogen) atoms. The Morgan fingerprint density at radius 2 is 1.58 bits per heavy atom. The highest BCUT2D eigenvalue weighted by molar-refractivity contribution is 6.62. The predicted molar refractivity (Wildman–Crippen MR) is 79.4 cm³/mol. The van der Waals surface area contributed by atoms with Crippen LogP contribution >= 0.6 is 0 Å². The minimum atomic E-state index is -0.355. The highest BCUT2D eigenvalue weighted by atomic mass is 16.7. The van der Waals surface area contributed by atoms with Gasteiger partial charge in [0.15, 0.2) is 0 Å². The first-order valence-corrected chi connectivity index (χ1v) is 6.91. The van der Waals surface area contributed by atoms with Crippen molar-refractivity contribution in [2.45, 2.75) is 59.4 Å². The highest BCUT2D eigenvalue weighted by Crippen LogP contribution is 2.36. The van der Waals surface area contributed by atoms with E-state index in [1.807, 2.05) is 65.8 Å². The molecule has 0 amide bonds. The van der Waals surface area contributed by atoms with Gasteiger partial charge in [0.05, 0.1) is 17.8 Å². The lowest BCUT2D eigenvalue weighted by atomic mass is 9.78. The first-order chi connectivity index (χ1) is 8.86. The Labute approximate surface area is 117 Å². The second-order valence-electron chi connectivity index (χ2n) is 5.49.